The molecular weight excluding hydrogens is 228 g/mol. The minimum absolute atomic E-state index is 0.127. The maximum Gasteiger partial charge on any atom is 0.253 e. The van der Waals surface area contributed by atoms with Crippen LogP contribution in [0, 0.1) is 11.3 Å². The third-order valence-corrected chi connectivity index (χ3v) is 2.80. The van der Waals surface area contributed by atoms with Crippen molar-refractivity contribution in [2.75, 3.05) is 0 Å². The number of hydrogen-bond acceptors (Lipinski definition) is 3. The molecule has 4 heteroatoms. The summed E-state index contributed by atoms with van der Waals surface area (Å²) in [4.78, 5) is 11.8. The maximum absolute atomic E-state index is 11.8. The summed E-state index contributed by atoms with van der Waals surface area (Å²) in [5.41, 5.74) is 1.02. The molecule has 0 amide bonds. The molecule has 1 N–H and O–H groups in total. The molecule has 0 aliphatic carbocycles. The van der Waals surface area contributed by atoms with Crippen LogP contribution in [0.2, 0.25) is 0 Å². The van der Waals surface area contributed by atoms with Crippen LogP contribution < -0.4 is 5.56 Å². The number of aromatic nitrogens is 1. The molecule has 0 spiro atoms. The van der Waals surface area contributed by atoms with Crippen molar-refractivity contribution in [3.63, 3.8) is 0 Å². The molecule has 2 aromatic rings. The fourth-order valence-electron chi connectivity index (χ4n) is 1.89. The van der Waals surface area contributed by atoms with Crippen LogP contribution in [-0.4, -0.2) is 9.67 Å². The summed E-state index contributed by atoms with van der Waals surface area (Å²) in [7, 11) is 0. The molecule has 0 saturated heterocycles. The Morgan fingerprint density at radius 2 is 2.00 bits per heavy atom. The standard InChI is InChI=1S/C14H12N2O2/c1-2-16-13(17)8-11(12(9-15)14(16)18)10-6-4-3-5-7-10/h3-8,18H,2H2,1H3. The molecule has 18 heavy (non-hydrogen) atoms. The van der Waals surface area contributed by atoms with Gasteiger partial charge in [0.05, 0.1) is 0 Å². The Balaban J connectivity index is 2.78. The largest absolute Gasteiger partial charge is 0.493 e. The first-order valence-electron chi connectivity index (χ1n) is 5.61. The predicted molar refractivity (Wildman–Crippen MR) is 68.2 cm³/mol. The van der Waals surface area contributed by atoms with E-state index in [9.17, 15) is 9.90 Å². The second-order valence-electron chi connectivity index (χ2n) is 3.82. The van der Waals surface area contributed by atoms with Gasteiger partial charge in [0.2, 0.25) is 5.88 Å². The van der Waals surface area contributed by atoms with Gasteiger partial charge >= 0.3 is 0 Å². The van der Waals surface area contributed by atoms with Crippen LogP contribution in [-0.2, 0) is 6.54 Å². The number of rotatable bonds is 2. The Morgan fingerprint density at radius 3 is 2.56 bits per heavy atom. The van der Waals surface area contributed by atoms with Gasteiger partial charge in [-0.2, -0.15) is 5.26 Å². The predicted octanol–water partition coefficient (Wildman–Crippen LogP) is 2.11. The molecule has 0 atom stereocenters. The molecule has 0 aliphatic heterocycles. The van der Waals surface area contributed by atoms with Crippen LogP contribution in [0.3, 0.4) is 0 Å². The number of aromatic hydroxyl groups is 1. The van der Waals surface area contributed by atoms with Crippen LogP contribution >= 0.6 is 0 Å². The van der Waals surface area contributed by atoms with Crippen LogP contribution in [0.4, 0.5) is 0 Å². The fraction of sp³-hybridized carbons (Fsp3) is 0.143. The summed E-state index contributed by atoms with van der Waals surface area (Å²) in [6.45, 7) is 2.07. The molecule has 0 unspecified atom stereocenters. The van der Waals surface area contributed by atoms with Crippen molar-refractivity contribution in [2.24, 2.45) is 0 Å². The lowest BCUT2D eigenvalue weighted by molar-refractivity contribution is 0.410. The highest BCUT2D eigenvalue weighted by Crippen LogP contribution is 2.27. The van der Waals surface area contributed by atoms with Gasteiger partial charge < -0.3 is 5.11 Å². The van der Waals surface area contributed by atoms with Crippen molar-refractivity contribution < 1.29 is 5.11 Å². The third kappa shape index (κ3) is 1.87. The average Bonchev–Trinajstić information content (AvgIpc) is 2.39. The molecule has 90 valence electrons. The summed E-state index contributed by atoms with van der Waals surface area (Å²) in [6.07, 6.45) is 0. The zero-order valence-corrected chi connectivity index (χ0v) is 9.92. The first-order chi connectivity index (χ1) is 8.69. The van der Waals surface area contributed by atoms with Gasteiger partial charge in [0.15, 0.2) is 0 Å². The van der Waals surface area contributed by atoms with Gasteiger partial charge in [-0.25, -0.2) is 0 Å². The first-order valence-corrected chi connectivity index (χ1v) is 5.61. The van der Waals surface area contributed by atoms with E-state index >= 15 is 0 Å². The Morgan fingerprint density at radius 1 is 1.33 bits per heavy atom. The maximum atomic E-state index is 11.8. The summed E-state index contributed by atoms with van der Waals surface area (Å²) in [5.74, 6) is -0.272. The topological polar surface area (TPSA) is 66.0 Å². The van der Waals surface area contributed by atoms with Gasteiger partial charge in [-0.3, -0.25) is 9.36 Å². The molecule has 0 fully saturated rings. The monoisotopic (exact) mass is 240 g/mol. The highest BCUT2D eigenvalue weighted by atomic mass is 16.3. The number of benzene rings is 1. The van der Waals surface area contributed by atoms with E-state index in [4.69, 9.17) is 5.26 Å². The van der Waals surface area contributed by atoms with Gasteiger partial charge in [-0.15, -0.1) is 0 Å². The molecule has 0 bridgehead atoms. The molecular formula is C14H12N2O2. The van der Waals surface area contributed by atoms with Crippen molar-refractivity contribution in [3.05, 3.63) is 52.3 Å². The van der Waals surface area contributed by atoms with Crippen molar-refractivity contribution in [1.29, 1.82) is 5.26 Å². The van der Waals surface area contributed by atoms with Gasteiger partial charge in [0.25, 0.3) is 5.56 Å². The molecule has 1 aromatic carbocycles. The quantitative estimate of drug-likeness (QED) is 0.874. The lowest BCUT2D eigenvalue weighted by Gasteiger charge is -2.10. The summed E-state index contributed by atoms with van der Waals surface area (Å²) >= 11 is 0. The van der Waals surface area contributed by atoms with Crippen LogP contribution in [0.15, 0.2) is 41.2 Å². The highest BCUT2D eigenvalue weighted by Gasteiger charge is 2.14. The van der Waals surface area contributed by atoms with E-state index < -0.39 is 0 Å². The third-order valence-electron chi connectivity index (χ3n) is 2.80. The lowest BCUT2D eigenvalue weighted by Crippen LogP contribution is -2.19. The van der Waals surface area contributed by atoms with Crippen molar-refractivity contribution in [2.45, 2.75) is 13.5 Å². The number of nitriles is 1. The minimum Gasteiger partial charge on any atom is -0.493 e. The minimum atomic E-state index is -0.312. The van der Waals surface area contributed by atoms with Crippen LogP contribution in [0.25, 0.3) is 11.1 Å². The zero-order valence-electron chi connectivity index (χ0n) is 9.92. The van der Waals surface area contributed by atoms with Crippen molar-refractivity contribution >= 4 is 0 Å². The van der Waals surface area contributed by atoms with E-state index in [2.05, 4.69) is 0 Å². The molecule has 2 rings (SSSR count). The van der Waals surface area contributed by atoms with Crippen LogP contribution in [0.1, 0.15) is 12.5 Å². The average molecular weight is 240 g/mol. The molecule has 4 nitrogen and oxygen atoms in total. The summed E-state index contributed by atoms with van der Waals surface area (Å²) in [5, 5.41) is 19.1. The van der Waals surface area contributed by atoms with Crippen molar-refractivity contribution in [3.8, 4) is 23.1 Å². The smallest absolute Gasteiger partial charge is 0.253 e. The molecule has 0 radical (unpaired) electrons. The first kappa shape index (κ1) is 11.9. The van der Waals surface area contributed by atoms with E-state index in [0.29, 0.717) is 12.1 Å². The van der Waals surface area contributed by atoms with Crippen molar-refractivity contribution in [1.82, 2.24) is 4.57 Å². The Kier molecular flexibility index (Phi) is 3.16. The van der Waals surface area contributed by atoms with Gasteiger partial charge in [0, 0.05) is 18.2 Å². The number of nitrogens with zero attached hydrogens (tertiary/aromatic N) is 2. The Labute approximate surface area is 104 Å². The zero-order chi connectivity index (χ0) is 13.1. The normalized spacial score (nSPS) is 10.0. The summed E-state index contributed by atoms with van der Waals surface area (Å²) < 4.78 is 1.17. The van der Waals surface area contributed by atoms with E-state index in [1.165, 1.54) is 10.6 Å². The highest BCUT2D eigenvalue weighted by molar-refractivity contribution is 5.72. The van der Waals surface area contributed by atoms with E-state index in [1.54, 1.807) is 19.1 Å². The van der Waals surface area contributed by atoms with Gasteiger partial charge in [0.1, 0.15) is 11.6 Å². The SMILES string of the molecule is CCn1c(O)c(C#N)c(-c2ccccc2)cc1=O. The van der Waals surface area contributed by atoms with E-state index in [-0.39, 0.29) is 17.0 Å². The van der Waals surface area contributed by atoms with Gasteiger partial charge in [-0.05, 0) is 12.5 Å². The van der Waals surface area contributed by atoms with Gasteiger partial charge in [-0.1, -0.05) is 30.3 Å². The van der Waals surface area contributed by atoms with E-state index in [0.717, 1.165) is 5.56 Å². The van der Waals surface area contributed by atoms with E-state index in [1.807, 2.05) is 24.3 Å². The molecule has 0 aliphatic rings. The molecule has 1 heterocycles. The Hall–Kier alpha value is -2.54. The number of hydrogen-bond donors (Lipinski definition) is 1. The number of pyridine rings is 1. The second kappa shape index (κ2) is 4.76. The fourth-order valence-corrected chi connectivity index (χ4v) is 1.89. The Bertz CT molecular complexity index is 667. The molecule has 0 saturated carbocycles. The second-order valence-corrected chi connectivity index (χ2v) is 3.82. The van der Waals surface area contributed by atoms with Crippen LogP contribution in [0.5, 0.6) is 5.88 Å². The summed E-state index contributed by atoms with van der Waals surface area (Å²) in [6, 6.07) is 12.4. The lowest BCUT2D eigenvalue weighted by atomic mass is 10.0. The molecule has 1 aromatic heterocycles.